The fourth-order valence-corrected chi connectivity index (χ4v) is 1.67. The Morgan fingerprint density at radius 3 is 2.83 bits per heavy atom. The minimum absolute atomic E-state index is 0.385. The van der Waals surface area contributed by atoms with E-state index in [0.29, 0.717) is 11.5 Å². The highest BCUT2D eigenvalue weighted by Crippen LogP contribution is 2.32. The fourth-order valence-electron chi connectivity index (χ4n) is 1.35. The molecule has 1 aliphatic carbocycles. The number of aliphatic hydroxyl groups excluding tert-OH is 1. The van der Waals surface area contributed by atoms with Crippen molar-refractivity contribution < 1.29 is 9.90 Å². The second-order valence-corrected chi connectivity index (χ2v) is 3.17. The predicted octanol–water partition coefficient (Wildman–Crippen LogP) is 2.69. The lowest BCUT2D eigenvalue weighted by atomic mass is 9.94. The van der Waals surface area contributed by atoms with Gasteiger partial charge in [0.15, 0.2) is 0 Å². The van der Waals surface area contributed by atoms with E-state index in [2.05, 4.69) is 0 Å². The number of hydrogen-bond donors (Lipinski definition) is 1. The van der Waals surface area contributed by atoms with Gasteiger partial charge in [-0.05, 0) is 24.8 Å². The van der Waals surface area contributed by atoms with E-state index < -0.39 is 0 Å². The van der Waals surface area contributed by atoms with Crippen molar-refractivity contribution in [1.82, 2.24) is 0 Å². The monoisotopic (exact) mass is 186 g/mol. The van der Waals surface area contributed by atoms with Crippen LogP contribution in [0.25, 0.3) is 0 Å². The minimum atomic E-state index is 0.385. The van der Waals surface area contributed by atoms with Crippen LogP contribution in [0.4, 0.5) is 0 Å². The van der Waals surface area contributed by atoms with Crippen LogP contribution in [0.5, 0.6) is 0 Å². The summed E-state index contributed by atoms with van der Waals surface area (Å²) >= 11 is 5.92. The predicted molar refractivity (Wildman–Crippen MR) is 48.1 cm³/mol. The van der Waals surface area contributed by atoms with Gasteiger partial charge in [-0.15, -0.1) is 0 Å². The van der Waals surface area contributed by atoms with Gasteiger partial charge >= 0.3 is 0 Å². The van der Waals surface area contributed by atoms with Crippen molar-refractivity contribution in [3.8, 4) is 0 Å². The molecule has 0 aromatic rings. The molecule has 1 N–H and O–H groups in total. The highest BCUT2D eigenvalue weighted by atomic mass is 35.5. The fraction of sp³-hybridized carbons (Fsp3) is 0.444. The zero-order chi connectivity index (χ0) is 8.97. The molecule has 0 unspecified atom stereocenters. The summed E-state index contributed by atoms with van der Waals surface area (Å²) in [4.78, 5) is 10.2. The lowest BCUT2D eigenvalue weighted by Gasteiger charge is -2.16. The second-order valence-electron chi connectivity index (χ2n) is 2.80. The summed E-state index contributed by atoms with van der Waals surface area (Å²) in [5, 5.41) is 9.36. The molecule has 0 saturated heterocycles. The van der Waals surface area contributed by atoms with Crippen LogP contribution < -0.4 is 0 Å². The Balaban J connectivity index is 2.87. The molecule has 0 atom stereocenters. The third-order valence-corrected chi connectivity index (χ3v) is 2.51. The number of carbonyl (C=O) groups excluding carboxylic acids is 1. The van der Waals surface area contributed by atoms with Crippen molar-refractivity contribution in [3.63, 3.8) is 0 Å². The van der Waals surface area contributed by atoms with Gasteiger partial charge in [0.2, 0.25) is 0 Å². The summed E-state index contributed by atoms with van der Waals surface area (Å²) in [6.45, 7) is 0. The number of aldehydes is 1. The van der Waals surface area contributed by atoms with Gasteiger partial charge in [0.1, 0.15) is 6.29 Å². The van der Waals surface area contributed by atoms with Gasteiger partial charge in [0, 0.05) is 17.0 Å². The Labute approximate surface area is 76.5 Å². The first kappa shape index (κ1) is 9.33. The molecule has 1 rings (SSSR count). The molecule has 0 saturated carbocycles. The maximum atomic E-state index is 10.2. The maximum absolute atomic E-state index is 10.2. The van der Waals surface area contributed by atoms with Crippen LogP contribution >= 0.6 is 11.6 Å². The highest BCUT2D eigenvalue weighted by molar-refractivity contribution is 6.32. The quantitative estimate of drug-likeness (QED) is 0.532. The molecule has 12 heavy (non-hydrogen) atoms. The van der Waals surface area contributed by atoms with E-state index in [1.165, 1.54) is 0 Å². The zero-order valence-corrected chi connectivity index (χ0v) is 7.47. The van der Waals surface area contributed by atoms with Crippen molar-refractivity contribution in [2.75, 3.05) is 0 Å². The number of aliphatic hydroxyl groups is 1. The molecule has 0 bridgehead atoms. The molecule has 1 aliphatic rings. The van der Waals surface area contributed by atoms with Crippen molar-refractivity contribution in [2.24, 2.45) is 0 Å². The van der Waals surface area contributed by atoms with E-state index in [0.717, 1.165) is 43.0 Å². The summed E-state index contributed by atoms with van der Waals surface area (Å²) < 4.78 is 0. The largest absolute Gasteiger partial charge is 0.515 e. The van der Waals surface area contributed by atoms with Gasteiger partial charge < -0.3 is 9.90 Å². The van der Waals surface area contributed by atoms with E-state index in [4.69, 9.17) is 16.7 Å². The third-order valence-electron chi connectivity index (χ3n) is 2.00. The molecule has 0 aromatic carbocycles. The lowest BCUT2D eigenvalue weighted by Crippen LogP contribution is -2.00. The van der Waals surface area contributed by atoms with Crippen LogP contribution in [0.1, 0.15) is 25.7 Å². The van der Waals surface area contributed by atoms with Crippen LogP contribution in [0, 0.1) is 0 Å². The first-order chi connectivity index (χ1) is 5.79. The molecule has 3 heteroatoms. The average Bonchev–Trinajstić information content (AvgIpc) is 2.09. The number of hydrogen-bond acceptors (Lipinski definition) is 2. The lowest BCUT2D eigenvalue weighted by molar-refractivity contribution is -0.107. The van der Waals surface area contributed by atoms with E-state index in [1.807, 2.05) is 0 Å². The van der Waals surface area contributed by atoms with E-state index in [9.17, 15) is 4.79 Å². The van der Waals surface area contributed by atoms with Crippen LogP contribution in [-0.2, 0) is 4.79 Å². The van der Waals surface area contributed by atoms with Gasteiger partial charge in [0.25, 0.3) is 0 Å². The van der Waals surface area contributed by atoms with E-state index in [-0.39, 0.29) is 0 Å². The molecule has 0 fully saturated rings. The molecule has 0 heterocycles. The summed E-state index contributed by atoms with van der Waals surface area (Å²) in [7, 11) is 0. The Bertz CT molecular complexity index is 241. The smallest absolute Gasteiger partial charge is 0.124 e. The standard InChI is InChI=1S/C9H11ClO2/c10-9-7(4-5-11)2-1-3-8(9)6-12/h5-6,12H,1-4H2/b8-6-. The number of allylic oxidation sites excluding steroid dienone is 3. The highest BCUT2D eigenvalue weighted by Gasteiger charge is 2.14. The Morgan fingerprint density at radius 2 is 2.25 bits per heavy atom. The number of rotatable bonds is 2. The molecular formula is C9H11ClO2. The van der Waals surface area contributed by atoms with Gasteiger partial charge in [-0.2, -0.15) is 0 Å². The Morgan fingerprint density at radius 1 is 1.50 bits per heavy atom. The number of halogens is 1. The van der Waals surface area contributed by atoms with Gasteiger partial charge in [-0.3, -0.25) is 0 Å². The topological polar surface area (TPSA) is 37.3 Å². The van der Waals surface area contributed by atoms with Crippen LogP contribution in [0.15, 0.2) is 22.4 Å². The number of carbonyl (C=O) groups is 1. The van der Waals surface area contributed by atoms with E-state index >= 15 is 0 Å². The van der Waals surface area contributed by atoms with Crippen molar-refractivity contribution in [2.45, 2.75) is 25.7 Å². The average molecular weight is 187 g/mol. The van der Waals surface area contributed by atoms with Crippen molar-refractivity contribution in [1.29, 1.82) is 0 Å². The molecule has 2 nitrogen and oxygen atoms in total. The molecule has 0 aliphatic heterocycles. The second kappa shape index (κ2) is 4.31. The van der Waals surface area contributed by atoms with Crippen molar-refractivity contribution >= 4 is 17.9 Å². The third kappa shape index (κ3) is 1.89. The van der Waals surface area contributed by atoms with Gasteiger partial charge in [0.05, 0.1) is 6.26 Å². The molecule has 0 amide bonds. The Kier molecular flexibility index (Phi) is 3.35. The van der Waals surface area contributed by atoms with Crippen molar-refractivity contribution in [3.05, 3.63) is 22.4 Å². The molecular weight excluding hydrogens is 176 g/mol. The minimum Gasteiger partial charge on any atom is -0.515 e. The summed E-state index contributed by atoms with van der Waals surface area (Å²) in [6, 6.07) is 0. The molecule has 0 aromatic heterocycles. The normalized spacial score (nSPS) is 21.6. The maximum Gasteiger partial charge on any atom is 0.124 e. The zero-order valence-electron chi connectivity index (χ0n) is 6.72. The Hall–Kier alpha value is -0.760. The van der Waals surface area contributed by atoms with Crippen LogP contribution in [0.2, 0.25) is 0 Å². The molecule has 0 spiro atoms. The van der Waals surface area contributed by atoms with E-state index in [1.54, 1.807) is 0 Å². The van der Waals surface area contributed by atoms with Gasteiger partial charge in [-0.25, -0.2) is 0 Å². The van der Waals surface area contributed by atoms with Gasteiger partial charge in [-0.1, -0.05) is 11.6 Å². The first-order valence-corrected chi connectivity index (χ1v) is 4.32. The molecule has 0 radical (unpaired) electrons. The summed E-state index contributed by atoms with van der Waals surface area (Å²) in [6.07, 6.45) is 4.90. The van der Waals surface area contributed by atoms with Crippen LogP contribution in [0.3, 0.4) is 0 Å². The SMILES string of the molecule is O=CCC1=C(Cl)/C(=C\O)CCC1. The summed E-state index contributed by atoms with van der Waals surface area (Å²) in [5.74, 6) is 0. The van der Waals surface area contributed by atoms with Crippen LogP contribution in [-0.4, -0.2) is 11.4 Å². The summed E-state index contributed by atoms with van der Waals surface area (Å²) in [5.41, 5.74) is 1.69. The first-order valence-electron chi connectivity index (χ1n) is 3.94. The molecule has 66 valence electrons.